The van der Waals surface area contributed by atoms with E-state index in [0.29, 0.717) is 18.5 Å². The second-order valence-corrected chi connectivity index (χ2v) is 4.93. The summed E-state index contributed by atoms with van der Waals surface area (Å²) in [6, 6.07) is 6.73. The van der Waals surface area contributed by atoms with Crippen LogP contribution in [0.1, 0.15) is 25.3 Å². The summed E-state index contributed by atoms with van der Waals surface area (Å²) < 4.78 is 18.1. The summed E-state index contributed by atoms with van der Waals surface area (Å²) in [5.41, 5.74) is 0.849. The lowest BCUT2D eigenvalue weighted by Gasteiger charge is -2.27. The summed E-state index contributed by atoms with van der Waals surface area (Å²) in [4.78, 5) is 0. The zero-order valence-electron chi connectivity index (χ0n) is 11.3. The lowest BCUT2D eigenvalue weighted by Crippen LogP contribution is -2.36. The molecule has 1 heterocycles. The van der Waals surface area contributed by atoms with E-state index in [4.69, 9.17) is 4.74 Å². The van der Waals surface area contributed by atoms with Crippen LogP contribution in [0.2, 0.25) is 0 Å². The molecule has 1 fully saturated rings. The van der Waals surface area contributed by atoms with Gasteiger partial charge in [-0.3, -0.25) is 0 Å². The molecule has 0 amide bonds. The Morgan fingerprint density at radius 2 is 2.00 bits per heavy atom. The Morgan fingerprint density at radius 3 is 2.68 bits per heavy atom. The van der Waals surface area contributed by atoms with Crippen LogP contribution < -0.4 is 5.32 Å². The zero-order valence-corrected chi connectivity index (χ0v) is 11.3. The second-order valence-electron chi connectivity index (χ2n) is 4.93. The molecule has 102 valence electrons. The summed E-state index contributed by atoms with van der Waals surface area (Å²) in [7, 11) is 0. The molecule has 1 unspecified atom stereocenters. The zero-order chi connectivity index (χ0) is 13.5. The van der Waals surface area contributed by atoms with Crippen LogP contribution in [0.5, 0.6) is 0 Å². The first-order valence-corrected chi connectivity index (χ1v) is 6.81. The third-order valence-corrected chi connectivity index (χ3v) is 3.56. The molecule has 1 N–H and O–H groups in total. The molecule has 1 saturated heterocycles. The van der Waals surface area contributed by atoms with E-state index >= 15 is 0 Å². The van der Waals surface area contributed by atoms with Crippen molar-refractivity contribution in [3.05, 3.63) is 35.6 Å². The van der Waals surface area contributed by atoms with Crippen LogP contribution in [0.25, 0.3) is 0 Å². The third kappa shape index (κ3) is 4.66. The van der Waals surface area contributed by atoms with Gasteiger partial charge in [-0.2, -0.15) is 0 Å². The Labute approximate surface area is 114 Å². The minimum absolute atomic E-state index is 0.225. The molecule has 1 aliphatic rings. The van der Waals surface area contributed by atoms with Crippen molar-refractivity contribution < 1.29 is 9.13 Å². The van der Waals surface area contributed by atoms with Crippen LogP contribution in [-0.4, -0.2) is 25.8 Å². The van der Waals surface area contributed by atoms with Gasteiger partial charge < -0.3 is 10.1 Å². The predicted molar refractivity (Wildman–Crippen MR) is 74.3 cm³/mol. The van der Waals surface area contributed by atoms with E-state index in [1.54, 1.807) is 12.1 Å². The van der Waals surface area contributed by atoms with Gasteiger partial charge >= 0.3 is 0 Å². The Balaban J connectivity index is 1.75. The van der Waals surface area contributed by atoms with E-state index in [1.165, 1.54) is 12.1 Å². The smallest absolute Gasteiger partial charge is 0.123 e. The van der Waals surface area contributed by atoms with Gasteiger partial charge in [0.05, 0.1) is 6.54 Å². The maximum absolute atomic E-state index is 12.7. The molecule has 3 heteroatoms. The molecule has 0 radical (unpaired) electrons. The number of nitrogens with one attached hydrogen (secondary N) is 1. The van der Waals surface area contributed by atoms with Gasteiger partial charge in [-0.05, 0) is 49.9 Å². The average Bonchev–Trinajstić information content (AvgIpc) is 2.46. The summed E-state index contributed by atoms with van der Waals surface area (Å²) in [5.74, 6) is 6.56. The first-order chi connectivity index (χ1) is 9.25. The van der Waals surface area contributed by atoms with Crippen molar-refractivity contribution in [2.24, 2.45) is 5.92 Å². The highest BCUT2D eigenvalue weighted by Crippen LogP contribution is 2.18. The van der Waals surface area contributed by atoms with Crippen LogP contribution >= 0.6 is 0 Å². The van der Waals surface area contributed by atoms with Crippen molar-refractivity contribution in [1.29, 1.82) is 0 Å². The minimum Gasteiger partial charge on any atom is -0.381 e. The molecule has 1 aromatic rings. The van der Waals surface area contributed by atoms with E-state index < -0.39 is 0 Å². The third-order valence-electron chi connectivity index (χ3n) is 3.56. The van der Waals surface area contributed by atoms with Crippen LogP contribution in [-0.2, 0) is 4.74 Å². The lowest BCUT2D eigenvalue weighted by molar-refractivity contribution is 0.0565. The maximum atomic E-state index is 12.7. The number of rotatable bonds is 3. The molecule has 2 rings (SSSR count). The highest BCUT2D eigenvalue weighted by Gasteiger charge is 2.19. The van der Waals surface area contributed by atoms with E-state index in [0.717, 1.165) is 31.6 Å². The second kappa shape index (κ2) is 7.28. The number of benzene rings is 1. The van der Waals surface area contributed by atoms with Crippen LogP contribution in [0.3, 0.4) is 0 Å². The molecular weight excluding hydrogens is 241 g/mol. The molecule has 0 bridgehead atoms. The predicted octanol–water partition coefficient (Wildman–Crippen LogP) is 2.58. The van der Waals surface area contributed by atoms with Gasteiger partial charge in [-0.1, -0.05) is 11.8 Å². The Hall–Kier alpha value is -1.37. The fraction of sp³-hybridized carbons (Fsp3) is 0.500. The fourth-order valence-electron chi connectivity index (χ4n) is 2.27. The van der Waals surface area contributed by atoms with Gasteiger partial charge in [0.2, 0.25) is 0 Å². The van der Waals surface area contributed by atoms with Gasteiger partial charge in [-0.25, -0.2) is 4.39 Å². The molecule has 0 aromatic heterocycles. The molecule has 1 aromatic carbocycles. The van der Waals surface area contributed by atoms with Crippen molar-refractivity contribution in [3.8, 4) is 11.8 Å². The molecule has 0 spiro atoms. The van der Waals surface area contributed by atoms with Gasteiger partial charge in [0.15, 0.2) is 0 Å². The first-order valence-electron chi connectivity index (χ1n) is 6.81. The van der Waals surface area contributed by atoms with E-state index in [2.05, 4.69) is 24.1 Å². The topological polar surface area (TPSA) is 21.3 Å². The number of hydrogen-bond donors (Lipinski definition) is 1. The van der Waals surface area contributed by atoms with Crippen LogP contribution in [0, 0.1) is 23.6 Å². The van der Waals surface area contributed by atoms with E-state index in [-0.39, 0.29) is 5.82 Å². The molecular formula is C16H20FNO. The van der Waals surface area contributed by atoms with Crippen LogP contribution in [0.15, 0.2) is 24.3 Å². The molecule has 1 atom stereocenters. The highest BCUT2D eigenvalue weighted by molar-refractivity contribution is 5.34. The molecule has 0 aliphatic carbocycles. The monoisotopic (exact) mass is 261 g/mol. The summed E-state index contributed by atoms with van der Waals surface area (Å²) >= 11 is 0. The van der Waals surface area contributed by atoms with Gasteiger partial charge in [0.1, 0.15) is 5.82 Å². The molecule has 1 aliphatic heterocycles. The number of ether oxygens (including phenoxy) is 1. The quantitative estimate of drug-likeness (QED) is 0.844. The average molecular weight is 261 g/mol. The summed E-state index contributed by atoms with van der Waals surface area (Å²) in [6.45, 7) is 4.61. The first kappa shape index (κ1) is 14.0. The SMILES string of the molecule is CC(NCC#Cc1ccc(F)cc1)C1CCOCC1. The summed E-state index contributed by atoms with van der Waals surface area (Å²) in [6.07, 6.45) is 2.25. The van der Waals surface area contributed by atoms with Gasteiger partial charge in [-0.15, -0.1) is 0 Å². The maximum Gasteiger partial charge on any atom is 0.123 e. The van der Waals surface area contributed by atoms with Crippen molar-refractivity contribution >= 4 is 0 Å². The fourth-order valence-corrected chi connectivity index (χ4v) is 2.27. The largest absolute Gasteiger partial charge is 0.381 e. The van der Waals surface area contributed by atoms with Crippen molar-refractivity contribution in [1.82, 2.24) is 5.32 Å². The lowest BCUT2D eigenvalue weighted by atomic mass is 9.93. The van der Waals surface area contributed by atoms with E-state index in [1.807, 2.05) is 0 Å². The normalized spacial score (nSPS) is 17.6. The minimum atomic E-state index is -0.225. The van der Waals surface area contributed by atoms with E-state index in [9.17, 15) is 4.39 Å². The van der Waals surface area contributed by atoms with Crippen molar-refractivity contribution in [3.63, 3.8) is 0 Å². The molecule has 0 saturated carbocycles. The Morgan fingerprint density at radius 1 is 1.32 bits per heavy atom. The standard InChI is InChI=1S/C16H20FNO/c1-13(15-8-11-19-12-9-15)18-10-2-3-14-4-6-16(17)7-5-14/h4-7,13,15,18H,8-12H2,1H3. The summed E-state index contributed by atoms with van der Waals surface area (Å²) in [5, 5.41) is 3.43. The van der Waals surface area contributed by atoms with Gasteiger partial charge in [0.25, 0.3) is 0 Å². The van der Waals surface area contributed by atoms with Crippen molar-refractivity contribution in [2.75, 3.05) is 19.8 Å². The Kier molecular flexibility index (Phi) is 5.38. The van der Waals surface area contributed by atoms with Gasteiger partial charge in [0, 0.05) is 24.8 Å². The Bertz CT molecular complexity index is 440. The molecule has 19 heavy (non-hydrogen) atoms. The molecule has 2 nitrogen and oxygen atoms in total. The van der Waals surface area contributed by atoms with Crippen molar-refractivity contribution in [2.45, 2.75) is 25.8 Å². The highest BCUT2D eigenvalue weighted by atomic mass is 19.1. The number of halogens is 1. The number of hydrogen-bond acceptors (Lipinski definition) is 2. The van der Waals surface area contributed by atoms with Crippen LogP contribution in [0.4, 0.5) is 4.39 Å².